The Bertz CT molecular complexity index is 1200. The second-order valence-corrected chi connectivity index (χ2v) is 7.60. The summed E-state index contributed by atoms with van der Waals surface area (Å²) in [6, 6.07) is 26.4. The SMILES string of the molecule is Cc1ccc(N=Cc2c(OCc3cccc(Cl)c3)ccc3ccccc23)c(C)c1. The van der Waals surface area contributed by atoms with Gasteiger partial charge in [0.15, 0.2) is 0 Å². The second-order valence-electron chi connectivity index (χ2n) is 7.17. The monoisotopic (exact) mass is 399 g/mol. The van der Waals surface area contributed by atoms with E-state index in [-0.39, 0.29) is 0 Å². The maximum absolute atomic E-state index is 6.17. The highest BCUT2D eigenvalue weighted by atomic mass is 35.5. The summed E-state index contributed by atoms with van der Waals surface area (Å²) in [5.41, 5.74) is 5.36. The first-order chi connectivity index (χ1) is 14.1. The number of halogens is 1. The van der Waals surface area contributed by atoms with Crippen LogP contribution < -0.4 is 4.74 Å². The van der Waals surface area contributed by atoms with Gasteiger partial charge in [-0.1, -0.05) is 71.8 Å². The van der Waals surface area contributed by atoms with Gasteiger partial charge in [0.05, 0.1) is 5.69 Å². The highest BCUT2D eigenvalue weighted by molar-refractivity contribution is 6.30. The first kappa shape index (κ1) is 19.2. The van der Waals surface area contributed by atoms with Gasteiger partial charge < -0.3 is 4.74 Å². The van der Waals surface area contributed by atoms with Crippen LogP contribution in [0.5, 0.6) is 5.75 Å². The predicted molar refractivity (Wildman–Crippen MR) is 123 cm³/mol. The zero-order valence-electron chi connectivity index (χ0n) is 16.5. The van der Waals surface area contributed by atoms with E-state index in [9.17, 15) is 0 Å². The van der Waals surface area contributed by atoms with Gasteiger partial charge in [0.1, 0.15) is 12.4 Å². The lowest BCUT2D eigenvalue weighted by molar-refractivity contribution is 0.306. The quantitative estimate of drug-likeness (QED) is 0.319. The van der Waals surface area contributed by atoms with Gasteiger partial charge in [-0.3, -0.25) is 4.99 Å². The maximum Gasteiger partial charge on any atom is 0.129 e. The van der Waals surface area contributed by atoms with Crippen molar-refractivity contribution in [3.8, 4) is 5.75 Å². The molecule has 0 aliphatic rings. The average molecular weight is 400 g/mol. The van der Waals surface area contributed by atoms with Crippen molar-refractivity contribution in [2.45, 2.75) is 20.5 Å². The molecule has 0 fully saturated rings. The van der Waals surface area contributed by atoms with Gasteiger partial charge in [-0.2, -0.15) is 0 Å². The number of aryl methyl sites for hydroxylation is 2. The summed E-state index contributed by atoms with van der Waals surface area (Å²) in [6.07, 6.45) is 1.91. The van der Waals surface area contributed by atoms with Crippen LogP contribution in [0.2, 0.25) is 5.02 Å². The minimum absolute atomic E-state index is 0.448. The molecule has 144 valence electrons. The molecule has 0 aliphatic heterocycles. The molecule has 0 radical (unpaired) electrons. The molecule has 0 atom stereocenters. The largest absolute Gasteiger partial charge is 0.488 e. The molecule has 0 saturated heterocycles. The van der Waals surface area contributed by atoms with Crippen LogP contribution in [0.4, 0.5) is 5.69 Å². The Labute approximate surface area is 176 Å². The molecular formula is C26H22ClNO. The van der Waals surface area contributed by atoms with E-state index < -0.39 is 0 Å². The van der Waals surface area contributed by atoms with Gasteiger partial charge >= 0.3 is 0 Å². The highest BCUT2D eigenvalue weighted by Gasteiger charge is 2.08. The van der Waals surface area contributed by atoms with E-state index >= 15 is 0 Å². The molecule has 0 aromatic heterocycles. The van der Waals surface area contributed by atoms with E-state index in [1.165, 1.54) is 5.56 Å². The number of aliphatic imine (C=N–C) groups is 1. The number of nitrogens with zero attached hydrogens (tertiary/aromatic N) is 1. The third kappa shape index (κ3) is 4.49. The predicted octanol–water partition coefficient (Wildman–Crippen LogP) is 7.44. The maximum atomic E-state index is 6.17. The molecule has 0 unspecified atom stereocenters. The fourth-order valence-electron chi connectivity index (χ4n) is 3.41. The Balaban J connectivity index is 1.71. The van der Waals surface area contributed by atoms with E-state index in [1.54, 1.807) is 0 Å². The third-order valence-corrected chi connectivity index (χ3v) is 5.13. The van der Waals surface area contributed by atoms with Crippen molar-refractivity contribution >= 4 is 34.3 Å². The fraction of sp³-hybridized carbons (Fsp3) is 0.115. The summed E-state index contributed by atoms with van der Waals surface area (Å²) in [5, 5.41) is 2.98. The van der Waals surface area contributed by atoms with Crippen LogP contribution in [0.25, 0.3) is 10.8 Å². The summed E-state index contributed by atoms with van der Waals surface area (Å²) in [5.74, 6) is 0.803. The van der Waals surface area contributed by atoms with Crippen LogP contribution in [-0.4, -0.2) is 6.21 Å². The summed E-state index contributed by atoms with van der Waals surface area (Å²) in [4.78, 5) is 4.77. The molecule has 0 heterocycles. The van der Waals surface area contributed by atoms with Crippen molar-refractivity contribution in [3.05, 3.63) is 106 Å². The molecule has 2 nitrogen and oxygen atoms in total. The van der Waals surface area contributed by atoms with Crippen molar-refractivity contribution in [3.63, 3.8) is 0 Å². The first-order valence-corrected chi connectivity index (χ1v) is 9.98. The van der Waals surface area contributed by atoms with Gasteiger partial charge in [-0.15, -0.1) is 0 Å². The topological polar surface area (TPSA) is 21.6 Å². The van der Waals surface area contributed by atoms with Gasteiger partial charge in [-0.25, -0.2) is 0 Å². The molecule has 0 aliphatic carbocycles. The Hall–Kier alpha value is -3.10. The summed E-state index contributed by atoms with van der Waals surface area (Å²) in [6.45, 7) is 4.62. The Morgan fingerprint density at radius 3 is 2.59 bits per heavy atom. The molecule has 0 saturated carbocycles. The van der Waals surface area contributed by atoms with Gasteiger partial charge in [-0.05, 0) is 60.0 Å². The van der Waals surface area contributed by atoms with E-state index in [0.29, 0.717) is 11.6 Å². The van der Waals surface area contributed by atoms with Gasteiger partial charge in [0, 0.05) is 16.8 Å². The van der Waals surface area contributed by atoms with Crippen molar-refractivity contribution in [1.29, 1.82) is 0 Å². The second kappa shape index (κ2) is 8.50. The van der Waals surface area contributed by atoms with Gasteiger partial charge in [0.2, 0.25) is 0 Å². The molecule has 4 rings (SSSR count). The molecule has 4 aromatic rings. The van der Waals surface area contributed by atoms with Crippen LogP contribution >= 0.6 is 11.6 Å². The van der Waals surface area contributed by atoms with Crippen LogP contribution in [0.15, 0.2) is 83.9 Å². The highest BCUT2D eigenvalue weighted by Crippen LogP contribution is 2.29. The number of rotatable bonds is 5. The Morgan fingerprint density at radius 2 is 1.76 bits per heavy atom. The van der Waals surface area contributed by atoms with Gasteiger partial charge in [0.25, 0.3) is 0 Å². The fourth-order valence-corrected chi connectivity index (χ4v) is 3.62. The third-order valence-electron chi connectivity index (χ3n) is 4.90. The molecule has 0 amide bonds. The normalized spacial score (nSPS) is 11.3. The lowest BCUT2D eigenvalue weighted by Crippen LogP contribution is -1.99. The zero-order valence-corrected chi connectivity index (χ0v) is 17.3. The number of hydrogen-bond acceptors (Lipinski definition) is 2. The lowest BCUT2D eigenvalue weighted by atomic mass is 10.0. The zero-order chi connectivity index (χ0) is 20.2. The summed E-state index contributed by atoms with van der Waals surface area (Å²) < 4.78 is 6.17. The smallest absolute Gasteiger partial charge is 0.129 e. The lowest BCUT2D eigenvalue weighted by Gasteiger charge is -2.12. The van der Waals surface area contributed by atoms with Crippen LogP contribution in [-0.2, 0) is 6.61 Å². The van der Waals surface area contributed by atoms with Crippen molar-refractivity contribution in [2.75, 3.05) is 0 Å². The minimum Gasteiger partial charge on any atom is -0.488 e. The Morgan fingerprint density at radius 1 is 0.897 bits per heavy atom. The number of ether oxygens (including phenoxy) is 1. The number of fused-ring (bicyclic) bond motifs is 1. The van der Waals surface area contributed by atoms with Crippen LogP contribution in [0.1, 0.15) is 22.3 Å². The number of hydrogen-bond donors (Lipinski definition) is 0. The van der Waals surface area contributed by atoms with Crippen LogP contribution in [0.3, 0.4) is 0 Å². The van der Waals surface area contributed by atoms with E-state index in [2.05, 4.69) is 50.2 Å². The van der Waals surface area contributed by atoms with Crippen molar-refractivity contribution < 1.29 is 4.74 Å². The van der Waals surface area contributed by atoms with E-state index in [1.807, 2.05) is 48.7 Å². The van der Waals surface area contributed by atoms with Crippen LogP contribution in [0, 0.1) is 13.8 Å². The standard InChI is InChI=1S/C26H22ClNO/c1-18-10-12-25(19(2)14-18)28-16-24-23-9-4-3-7-21(23)11-13-26(24)29-17-20-6-5-8-22(27)15-20/h3-16H,17H2,1-2H3. The minimum atomic E-state index is 0.448. The van der Waals surface area contributed by atoms with Crippen molar-refractivity contribution in [1.82, 2.24) is 0 Å². The van der Waals surface area contributed by atoms with E-state index in [4.69, 9.17) is 21.3 Å². The molecule has 4 aromatic carbocycles. The number of benzene rings is 4. The molecule has 3 heteroatoms. The average Bonchev–Trinajstić information content (AvgIpc) is 2.72. The molecule has 0 bridgehead atoms. The van der Waals surface area contributed by atoms with Crippen molar-refractivity contribution in [2.24, 2.45) is 4.99 Å². The Kier molecular flexibility index (Phi) is 5.64. The molecular weight excluding hydrogens is 378 g/mol. The summed E-state index contributed by atoms with van der Waals surface area (Å²) >= 11 is 6.10. The molecule has 0 N–H and O–H groups in total. The summed E-state index contributed by atoms with van der Waals surface area (Å²) in [7, 11) is 0. The van der Waals surface area contributed by atoms with E-state index in [0.717, 1.165) is 38.9 Å². The molecule has 29 heavy (non-hydrogen) atoms. The first-order valence-electron chi connectivity index (χ1n) is 9.60. The molecule has 0 spiro atoms.